The summed E-state index contributed by atoms with van der Waals surface area (Å²) in [6.45, 7) is 1.60. The van der Waals surface area contributed by atoms with Gasteiger partial charge in [0.2, 0.25) is 5.91 Å². The summed E-state index contributed by atoms with van der Waals surface area (Å²) in [5.74, 6) is -0.861. The fourth-order valence-corrected chi connectivity index (χ4v) is 1.35. The van der Waals surface area contributed by atoms with E-state index < -0.39 is 5.82 Å². The number of nitrogen functional groups attached to an aromatic ring is 1. The van der Waals surface area contributed by atoms with Crippen LogP contribution in [0.2, 0.25) is 0 Å². The second kappa shape index (κ2) is 9.24. The van der Waals surface area contributed by atoms with Crippen molar-refractivity contribution in [3.05, 3.63) is 24.0 Å². The van der Waals surface area contributed by atoms with Gasteiger partial charge in [-0.3, -0.25) is 4.79 Å². The summed E-state index contributed by atoms with van der Waals surface area (Å²) in [6, 6.07) is 3.97. The number of methoxy groups -OCH3 is 1. The van der Waals surface area contributed by atoms with Gasteiger partial charge in [-0.05, 0) is 18.2 Å². The van der Waals surface area contributed by atoms with E-state index in [4.69, 9.17) is 19.9 Å². The second-order valence-corrected chi connectivity index (χ2v) is 3.94. The van der Waals surface area contributed by atoms with Crippen molar-refractivity contribution < 1.29 is 23.4 Å². The Bertz CT molecular complexity index is 429. The average molecular weight is 286 g/mol. The van der Waals surface area contributed by atoms with E-state index in [1.807, 2.05) is 0 Å². The van der Waals surface area contributed by atoms with Crippen molar-refractivity contribution in [3.63, 3.8) is 0 Å². The molecular formula is C13H19FN2O4. The minimum Gasteiger partial charge on any atom is -0.396 e. The van der Waals surface area contributed by atoms with Crippen molar-refractivity contribution in [2.45, 2.75) is 0 Å². The molecule has 0 aliphatic heterocycles. The molecule has 0 aliphatic rings. The molecule has 0 fully saturated rings. The largest absolute Gasteiger partial charge is 0.396 e. The van der Waals surface area contributed by atoms with Gasteiger partial charge in [-0.2, -0.15) is 0 Å². The van der Waals surface area contributed by atoms with Gasteiger partial charge in [0.05, 0.1) is 32.1 Å². The Kier molecular flexibility index (Phi) is 7.56. The van der Waals surface area contributed by atoms with Crippen molar-refractivity contribution in [1.82, 2.24) is 0 Å². The van der Waals surface area contributed by atoms with E-state index in [1.54, 1.807) is 7.11 Å². The number of carbonyl (C=O) groups is 1. The molecule has 0 saturated carbocycles. The predicted octanol–water partition coefficient (Wildman–Crippen LogP) is 1.03. The van der Waals surface area contributed by atoms with Crippen LogP contribution in [0.1, 0.15) is 0 Å². The molecule has 0 atom stereocenters. The molecule has 20 heavy (non-hydrogen) atoms. The molecule has 0 aliphatic carbocycles. The molecule has 0 bridgehead atoms. The Morgan fingerprint density at radius 3 is 2.65 bits per heavy atom. The fraction of sp³-hybridized carbons (Fsp3) is 0.462. The van der Waals surface area contributed by atoms with Crippen LogP contribution >= 0.6 is 0 Å². The number of nitrogens with two attached hydrogens (primary N) is 1. The molecule has 0 heterocycles. The number of nitrogens with one attached hydrogen (secondary N) is 1. The molecule has 0 unspecified atom stereocenters. The molecule has 0 saturated heterocycles. The molecule has 1 amide bonds. The number of halogens is 1. The first-order valence-electron chi connectivity index (χ1n) is 6.12. The average Bonchev–Trinajstić information content (AvgIpc) is 2.42. The Morgan fingerprint density at radius 1 is 1.25 bits per heavy atom. The summed E-state index contributed by atoms with van der Waals surface area (Å²) in [5, 5.41) is 2.55. The van der Waals surface area contributed by atoms with Crippen molar-refractivity contribution in [2.75, 3.05) is 51.2 Å². The van der Waals surface area contributed by atoms with Gasteiger partial charge in [0.25, 0.3) is 0 Å². The quantitative estimate of drug-likeness (QED) is 0.523. The molecule has 0 spiro atoms. The highest BCUT2D eigenvalue weighted by atomic mass is 19.1. The van der Waals surface area contributed by atoms with Gasteiger partial charge in [-0.25, -0.2) is 4.39 Å². The van der Waals surface area contributed by atoms with Crippen LogP contribution in [0.4, 0.5) is 15.8 Å². The Labute approximate surface area is 117 Å². The first-order valence-corrected chi connectivity index (χ1v) is 6.12. The third-order valence-electron chi connectivity index (χ3n) is 2.32. The number of anilines is 2. The summed E-state index contributed by atoms with van der Waals surface area (Å²) < 4.78 is 28.0. The maximum absolute atomic E-state index is 12.9. The number of amides is 1. The number of hydrogen-bond acceptors (Lipinski definition) is 5. The van der Waals surface area contributed by atoms with Crippen LogP contribution < -0.4 is 11.1 Å². The lowest BCUT2D eigenvalue weighted by atomic mass is 10.2. The summed E-state index contributed by atoms with van der Waals surface area (Å²) >= 11 is 0. The molecule has 1 aromatic rings. The first-order chi connectivity index (χ1) is 9.63. The summed E-state index contributed by atoms with van der Waals surface area (Å²) in [4.78, 5) is 11.5. The van der Waals surface area contributed by atoms with Gasteiger partial charge >= 0.3 is 0 Å². The minimum absolute atomic E-state index is 0.0183. The second-order valence-electron chi connectivity index (χ2n) is 3.94. The van der Waals surface area contributed by atoms with E-state index in [2.05, 4.69) is 5.32 Å². The fourth-order valence-electron chi connectivity index (χ4n) is 1.35. The van der Waals surface area contributed by atoms with Gasteiger partial charge in [-0.1, -0.05) is 0 Å². The van der Waals surface area contributed by atoms with Gasteiger partial charge in [0, 0.05) is 12.8 Å². The minimum atomic E-state index is -0.521. The molecular weight excluding hydrogens is 267 g/mol. The maximum Gasteiger partial charge on any atom is 0.250 e. The van der Waals surface area contributed by atoms with E-state index in [0.29, 0.717) is 32.1 Å². The topological polar surface area (TPSA) is 82.8 Å². The molecule has 0 radical (unpaired) electrons. The Hall–Kier alpha value is -1.70. The van der Waals surface area contributed by atoms with Crippen LogP contribution in [0.3, 0.4) is 0 Å². The summed E-state index contributed by atoms with van der Waals surface area (Å²) in [5.41, 5.74) is 5.80. The van der Waals surface area contributed by atoms with Crippen LogP contribution in [-0.2, 0) is 19.0 Å². The van der Waals surface area contributed by atoms with Crippen LogP contribution in [-0.4, -0.2) is 46.1 Å². The molecule has 112 valence electrons. The van der Waals surface area contributed by atoms with Crippen LogP contribution in [0.25, 0.3) is 0 Å². The van der Waals surface area contributed by atoms with Crippen molar-refractivity contribution in [3.8, 4) is 0 Å². The lowest BCUT2D eigenvalue weighted by molar-refractivity contribution is -0.121. The highest BCUT2D eigenvalue weighted by molar-refractivity contribution is 5.92. The van der Waals surface area contributed by atoms with Gasteiger partial charge in [0.15, 0.2) is 0 Å². The number of rotatable bonds is 9. The third-order valence-corrected chi connectivity index (χ3v) is 2.32. The first kappa shape index (κ1) is 16.4. The van der Waals surface area contributed by atoms with Crippen LogP contribution in [0.15, 0.2) is 18.2 Å². The highest BCUT2D eigenvalue weighted by Gasteiger charge is 2.04. The van der Waals surface area contributed by atoms with E-state index in [1.165, 1.54) is 18.2 Å². The SMILES string of the molecule is COCCOCCOCC(=O)Nc1ccc(F)c(N)c1. The molecule has 7 heteroatoms. The van der Waals surface area contributed by atoms with Crippen molar-refractivity contribution >= 4 is 17.3 Å². The monoisotopic (exact) mass is 286 g/mol. The molecule has 6 nitrogen and oxygen atoms in total. The molecule has 0 aromatic heterocycles. The van der Waals surface area contributed by atoms with E-state index in [9.17, 15) is 9.18 Å². The van der Waals surface area contributed by atoms with Gasteiger partial charge in [0.1, 0.15) is 12.4 Å². The van der Waals surface area contributed by atoms with Crippen molar-refractivity contribution in [1.29, 1.82) is 0 Å². The Morgan fingerprint density at radius 2 is 1.95 bits per heavy atom. The highest BCUT2D eigenvalue weighted by Crippen LogP contribution is 2.15. The zero-order chi connectivity index (χ0) is 14.8. The molecule has 3 N–H and O–H groups in total. The lowest BCUT2D eigenvalue weighted by Crippen LogP contribution is -2.20. The number of benzene rings is 1. The zero-order valence-electron chi connectivity index (χ0n) is 11.4. The normalized spacial score (nSPS) is 10.5. The number of hydrogen-bond donors (Lipinski definition) is 2. The third kappa shape index (κ3) is 6.46. The number of carbonyl (C=O) groups excluding carboxylic acids is 1. The van der Waals surface area contributed by atoms with Crippen LogP contribution in [0, 0.1) is 5.82 Å². The zero-order valence-corrected chi connectivity index (χ0v) is 11.4. The van der Waals surface area contributed by atoms with E-state index >= 15 is 0 Å². The lowest BCUT2D eigenvalue weighted by Gasteiger charge is -2.07. The summed E-state index contributed by atoms with van der Waals surface area (Å²) in [7, 11) is 1.59. The van der Waals surface area contributed by atoms with Crippen molar-refractivity contribution in [2.24, 2.45) is 0 Å². The predicted molar refractivity (Wildman–Crippen MR) is 73.0 cm³/mol. The van der Waals surface area contributed by atoms with Gasteiger partial charge < -0.3 is 25.3 Å². The van der Waals surface area contributed by atoms with E-state index in [0.717, 1.165) is 0 Å². The summed E-state index contributed by atoms with van der Waals surface area (Å²) in [6.07, 6.45) is 0. The molecule has 1 aromatic carbocycles. The molecule has 1 rings (SSSR count). The van der Waals surface area contributed by atoms with E-state index in [-0.39, 0.29) is 18.2 Å². The smallest absolute Gasteiger partial charge is 0.250 e. The Balaban J connectivity index is 2.15. The van der Waals surface area contributed by atoms with Gasteiger partial charge in [-0.15, -0.1) is 0 Å². The standard InChI is InChI=1S/C13H19FN2O4/c1-18-4-5-19-6-7-20-9-13(17)16-10-2-3-11(14)12(15)8-10/h2-3,8H,4-7,9,15H2,1H3,(H,16,17). The maximum atomic E-state index is 12.9. The van der Waals surface area contributed by atoms with Crippen LogP contribution in [0.5, 0.6) is 0 Å². The number of ether oxygens (including phenoxy) is 3.